The SMILES string of the molecule is COc1ccc2nc(-c3ccccc3C)cn2c1. The van der Waals surface area contributed by atoms with E-state index in [0.717, 1.165) is 17.1 Å². The fourth-order valence-corrected chi connectivity index (χ4v) is 2.08. The van der Waals surface area contributed by atoms with Crippen molar-refractivity contribution in [2.45, 2.75) is 6.92 Å². The quantitative estimate of drug-likeness (QED) is 0.684. The number of methoxy groups -OCH3 is 1. The van der Waals surface area contributed by atoms with Crippen molar-refractivity contribution in [1.82, 2.24) is 9.38 Å². The molecule has 0 bridgehead atoms. The molecule has 3 rings (SSSR count). The molecule has 0 radical (unpaired) electrons. The Hall–Kier alpha value is -2.29. The van der Waals surface area contributed by atoms with Crippen molar-refractivity contribution < 1.29 is 4.74 Å². The molecule has 90 valence electrons. The van der Waals surface area contributed by atoms with Gasteiger partial charge in [-0.3, -0.25) is 0 Å². The third-order valence-corrected chi connectivity index (χ3v) is 3.08. The highest BCUT2D eigenvalue weighted by atomic mass is 16.5. The van der Waals surface area contributed by atoms with Gasteiger partial charge in [0.25, 0.3) is 0 Å². The highest BCUT2D eigenvalue weighted by Crippen LogP contribution is 2.23. The summed E-state index contributed by atoms with van der Waals surface area (Å²) < 4.78 is 7.20. The van der Waals surface area contributed by atoms with Crippen molar-refractivity contribution in [1.29, 1.82) is 0 Å². The second kappa shape index (κ2) is 4.18. The average molecular weight is 238 g/mol. The summed E-state index contributed by atoms with van der Waals surface area (Å²) in [4.78, 5) is 4.63. The van der Waals surface area contributed by atoms with E-state index in [-0.39, 0.29) is 0 Å². The first kappa shape index (κ1) is 10.8. The number of imidazole rings is 1. The molecule has 0 saturated carbocycles. The lowest BCUT2D eigenvalue weighted by atomic mass is 10.1. The minimum Gasteiger partial charge on any atom is -0.495 e. The second-order valence-electron chi connectivity index (χ2n) is 4.28. The van der Waals surface area contributed by atoms with Gasteiger partial charge in [-0.2, -0.15) is 0 Å². The maximum absolute atomic E-state index is 5.21. The normalized spacial score (nSPS) is 10.8. The lowest BCUT2D eigenvalue weighted by Gasteiger charge is -2.00. The molecular weight excluding hydrogens is 224 g/mol. The summed E-state index contributed by atoms with van der Waals surface area (Å²) in [6.07, 6.45) is 3.96. The van der Waals surface area contributed by atoms with Gasteiger partial charge in [0.1, 0.15) is 11.4 Å². The summed E-state index contributed by atoms with van der Waals surface area (Å²) in [5, 5.41) is 0. The second-order valence-corrected chi connectivity index (χ2v) is 4.28. The van der Waals surface area contributed by atoms with Gasteiger partial charge >= 0.3 is 0 Å². The molecule has 0 amide bonds. The van der Waals surface area contributed by atoms with E-state index < -0.39 is 0 Å². The molecule has 18 heavy (non-hydrogen) atoms. The summed E-state index contributed by atoms with van der Waals surface area (Å²) in [6, 6.07) is 12.1. The van der Waals surface area contributed by atoms with Crippen molar-refractivity contribution in [2.75, 3.05) is 7.11 Å². The van der Waals surface area contributed by atoms with Crippen LogP contribution in [0, 0.1) is 6.92 Å². The highest BCUT2D eigenvalue weighted by molar-refractivity contribution is 5.66. The van der Waals surface area contributed by atoms with Crippen molar-refractivity contribution in [3.63, 3.8) is 0 Å². The third-order valence-electron chi connectivity index (χ3n) is 3.08. The fourth-order valence-electron chi connectivity index (χ4n) is 2.08. The Morgan fingerprint density at radius 1 is 1.06 bits per heavy atom. The smallest absolute Gasteiger partial charge is 0.137 e. The predicted molar refractivity (Wildman–Crippen MR) is 71.9 cm³/mol. The van der Waals surface area contributed by atoms with Gasteiger partial charge < -0.3 is 9.14 Å². The first-order chi connectivity index (χ1) is 8.78. The zero-order valence-corrected chi connectivity index (χ0v) is 10.4. The van der Waals surface area contributed by atoms with Crippen molar-refractivity contribution in [3.8, 4) is 17.0 Å². The minimum atomic E-state index is 0.830. The average Bonchev–Trinajstić information content (AvgIpc) is 2.81. The topological polar surface area (TPSA) is 26.5 Å². The van der Waals surface area contributed by atoms with Gasteiger partial charge in [-0.25, -0.2) is 4.98 Å². The molecule has 3 aromatic rings. The van der Waals surface area contributed by atoms with Gasteiger partial charge in [-0.1, -0.05) is 24.3 Å². The molecule has 0 atom stereocenters. The summed E-state index contributed by atoms with van der Waals surface area (Å²) in [5.41, 5.74) is 4.31. The number of rotatable bonds is 2. The van der Waals surface area contributed by atoms with Crippen molar-refractivity contribution in [3.05, 3.63) is 54.4 Å². The van der Waals surface area contributed by atoms with E-state index >= 15 is 0 Å². The number of aromatic nitrogens is 2. The van der Waals surface area contributed by atoms with E-state index in [4.69, 9.17) is 4.74 Å². The maximum Gasteiger partial charge on any atom is 0.137 e. The number of hydrogen-bond acceptors (Lipinski definition) is 2. The molecule has 3 heteroatoms. The Labute approximate surface area is 106 Å². The largest absolute Gasteiger partial charge is 0.495 e. The molecule has 0 N–H and O–H groups in total. The third kappa shape index (κ3) is 1.74. The number of hydrogen-bond donors (Lipinski definition) is 0. The zero-order chi connectivity index (χ0) is 12.5. The number of nitrogens with zero attached hydrogens (tertiary/aromatic N) is 2. The Kier molecular flexibility index (Phi) is 2.52. The maximum atomic E-state index is 5.21. The molecule has 0 aliphatic carbocycles. The van der Waals surface area contributed by atoms with Gasteiger partial charge in [0.15, 0.2) is 0 Å². The van der Waals surface area contributed by atoms with Crippen LogP contribution in [0.5, 0.6) is 5.75 Å². The lowest BCUT2D eigenvalue weighted by molar-refractivity contribution is 0.412. The number of ether oxygens (including phenoxy) is 1. The first-order valence-electron chi connectivity index (χ1n) is 5.86. The van der Waals surface area contributed by atoms with Crippen LogP contribution in [0.25, 0.3) is 16.9 Å². The van der Waals surface area contributed by atoms with E-state index in [1.807, 2.05) is 41.1 Å². The van der Waals surface area contributed by atoms with Crippen LogP contribution in [0.4, 0.5) is 0 Å². The molecule has 0 saturated heterocycles. The molecule has 0 aliphatic rings. The fraction of sp³-hybridized carbons (Fsp3) is 0.133. The molecule has 0 aliphatic heterocycles. The molecule has 0 spiro atoms. The Balaban J connectivity index is 2.17. The van der Waals surface area contributed by atoms with Gasteiger partial charge in [0.05, 0.1) is 19.0 Å². The van der Waals surface area contributed by atoms with E-state index in [0.29, 0.717) is 0 Å². The van der Waals surface area contributed by atoms with Crippen LogP contribution in [-0.2, 0) is 0 Å². The summed E-state index contributed by atoms with van der Waals surface area (Å²) in [7, 11) is 1.67. The van der Waals surface area contributed by atoms with E-state index in [1.54, 1.807) is 7.11 Å². The van der Waals surface area contributed by atoms with Crippen LogP contribution < -0.4 is 4.74 Å². The van der Waals surface area contributed by atoms with Gasteiger partial charge in [-0.05, 0) is 24.6 Å². The number of pyridine rings is 1. The minimum absolute atomic E-state index is 0.830. The van der Waals surface area contributed by atoms with Crippen LogP contribution in [-0.4, -0.2) is 16.5 Å². The summed E-state index contributed by atoms with van der Waals surface area (Å²) >= 11 is 0. The van der Waals surface area contributed by atoms with Crippen molar-refractivity contribution >= 4 is 5.65 Å². The van der Waals surface area contributed by atoms with Crippen molar-refractivity contribution in [2.24, 2.45) is 0 Å². The van der Waals surface area contributed by atoms with Crippen LogP contribution in [0.1, 0.15) is 5.56 Å². The molecule has 0 unspecified atom stereocenters. The molecular formula is C15H14N2O. The summed E-state index contributed by atoms with van der Waals surface area (Å²) in [5.74, 6) is 0.830. The number of fused-ring (bicyclic) bond motifs is 1. The lowest BCUT2D eigenvalue weighted by Crippen LogP contribution is -1.86. The van der Waals surface area contributed by atoms with Gasteiger partial charge in [0, 0.05) is 11.8 Å². The van der Waals surface area contributed by atoms with Crippen LogP contribution in [0.2, 0.25) is 0 Å². The molecule has 0 fully saturated rings. The van der Waals surface area contributed by atoms with E-state index in [9.17, 15) is 0 Å². The standard InChI is InChI=1S/C15H14N2O/c1-11-5-3-4-6-13(11)14-10-17-9-12(18-2)7-8-15(17)16-14/h3-10H,1-2H3. The Morgan fingerprint density at radius 3 is 2.67 bits per heavy atom. The molecule has 1 aromatic carbocycles. The monoisotopic (exact) mass is 238 g/mol. The molecule has 2 heterocycles. The van der Waals surface area contributed by atoms with Crippen LogP contribution in [0.15, 0.2) is 48.8 Å². The first-order valence-corrected chi connectivity index (χ1v) is 5.86. The zero-order valence-electron chi connectivity index (χ0n) is 10.4. The predicted octanol–water partition coefficient (Wildman–Crippen LogP) is 3.32. The Bertz CT molecular complexity index is 701. The number of benzene rings is 1. The Morgan fingerprint density at radius 2 is 1.89 bits per heavy atom. The molecule has 2 aromatic heterocycles. The highest BCUT2D eigenvalue weighted by Gasteiger charge is 2.06. The van der Waals surface area contributed by atoms with Gasteiger partial charge in [-0.15, -0.1) is 0 Å². The van der Waals surface area contributed by atoms with E-state index in [2.05, 4.69) is 24.0 Å². The summed E-state index contributed by atoms with van der Waals surface area (Å²) in [6.45, 7) is 2.10. The molecule has 3 nitrogen and oxygen atoms in total. The van der Waals surface area contributed by atoms with E-state index in [1.165, 1.54) is 11.1 Å². The van der Waals surface area contributed by atoms with Crippen LogP contribution >= 0.6 is 0 Å². The van der Waals surface area contributed by atoms with Gasteiger partial charge in [0.2, 0.25) is 0 Å². The van der Waals surface area contributed by atoms with Crippen LogP contribution in [0.3, 0.4) is 0 Å². The number of aryl methyl sites for hydroxylation is 1.